The van der Waals surface area contributed by atoms with E-state index < -0.39 is 0 Å². The van der Waals surface area contributed by atoms with Crippen LogP contribution in [0.3, 0.4) is 0 Å². The highest BCUT2D eigenvalue weighted by Crippen LogP contribution is 2.27. The highest BCUT2D eigenvalue weighted by atomic mass is 14.2. The van der Waals surface area contributed by atoms with Crippen LogP contribution in [0.2, 0.25) is 0 Å². The van der Waals surface area contributed by atoms with Crippen molar-refractivity contribution < 1.29 is 0 Å². The molecule has 0 aromatic rings. The molecule has 0 nitrogen and oxygen atoms in total. The maximum Gasteiger partial charge on any atom is -0.0357 e. The van der Waals surface area contributed by atoms with Crippen LogP contribution in [-0.2, 0) is 0 Å². The summed E-state index contributed by atoms with van der Waals surface area (Å²) in [5.41, 5.74) is 1.03. The topological polar surface area (TPSA) is 0 Å². The van der Waals surface area contributed by atoms with E-state index in [4.69, 9.17) is 0 Å². The maximum atomic E-state index is 2.31. The van der Waals surface area contributed by atoms with Gasteiger partial charge in [0.15, 0.2) is 0 Å². The molecule has 0 spiro atoms. The molecule has 0 bridgehead atoms. The third kappa shape index (κ3) is 14.0. The van der Waals surface area contributed by atoms with Crippen molar-refractivity contribution in [3.63, 3.8) is 0 Å². The Balaban J connectivity index is 0. The molecule has 0 rings (SSSR count). The molecule has 0 N–H and O–H groups in total. The lowest BCUT2D eigenvalue weighted by Gasteiger charge is -2.25. The minimum Gasteiger partial charge on any atom is -0.0651 e. The Morgan fingerprint density at radius 2 is 1.19 bits per heavy atom. The first-order valence-electron chi connectivity index (χ1n) is 6.90. The van der Waals surface area contributed by atoms with Gasteiger partial charge in [-0.3, -0.25) is 0 Å². The normalized spacial score (nSPS) is 14.4. The van der Waals surface area contributed by atoms with Gasteiger partial charge >= 0.3 is 0 Å². The first-order valence-corrected chi connectivity index (χ1v) is 6.90. The summed E-state index contributed by atoms with van der Waals surface area (Å²) in [7, 11) is 0. The predicted molar refractivity (Wildman–Crippen MR) is 77.8 cm³/mol. The molecule has 1 atom stereocenters. The van der Waals surface area contributed by atoms with Crippen LogP contribution in [0, 0.1) is 22.7 Å². The molecule has 1 unspecified atom stereocenters. The lowest BCUT2D eigenvalue weighted by molar-refractivity contribution is 0.254. The maximum absolute atomic E-state index is 2.31. The fourth-order valence-corrected chi connectivity index (χ4v) is 1.84. The predicted octanol–water partition coefficient (Wildman–Crippen LogP) is 6.16. The van der Waals surface area contributed by atoms with Crippen molar-refractivity contribution in [2.45, 2.75) is 82.1 Å². The van der Waals surface area contributed by atoms with Gasteiger partial charge in [0.2, 0.25) is 0 Å². The van der Waals surface area contributed by atoms with E-state index in [9.17, 15) is 0 Å². The standard InChI is InChI=1S/2C8H18/c1-7(2)6-8(3,4)5;1-6-7(2)8(3,4)5/h2*7H,6H2,1-5H3. The summed E-state index contributed by atoms with van der Waals surface area (Å²) < 4.78 is 0. The Kier molecular flexibility index (Phi) is 8.44. The van der Waals surface area contributed by atoms with E-state index in [1.165, 1.54) is 12.8 Å². The summed E-state index contributed by atoms with van der Waals surface area (Å²) in [6.45, 7) is 22.8. The third-order valence-corrected chi connectivity index (χ3v) is 3.11. The molecule has 0 radical (unpaired) electrons. The molecule has 0 aromatic heterocycles. The number of hydrogen-bond acceptors (Lipinski definition) is 0. The summed E-state index contributed by atoms with van der Waals surface area (Å²) in [6, 6.07) is 0. The van der Waals surface area contributed by atoms with Crippen molar-refractivity contribution in [1.82, 2.24) is 0 Å². The van der Waals surface area contributed by atoms with Gasteiger partial charge in [0.05, 0.1) is 0 Å². The molecule has 0 aliphatic heterocycles. The molecule has 100 valence electrons. The van der Waals surface area contributed by atoms with E-state index in [1.807, 2.05) is 0 Å². The highest BCUT2D eigenvalue weighted by Gasteiger charge is 2.16. The summed E-state index contributed by atoms with van der Waals surface area (Å²) >= 11 is 0. The zero-order chi connectivity index (χ0) is 13.6. The average molecular weight is 228 g/mol. The van der Waals surface area contributed by atoms with Crippen LogP contribution in [0.25, 0.3) is 0 Å². The van der Waals surface area contributed by atoms with Crippen molar-refractivity contribution in [3.05, 3.63) is 0 Å². The van der Waals surface area contributed by atoms with Gasteiger partial charge in [0.1, 0.15) is 0 Å². The smallest absolute Gasteiger partial charge is 0.0357 e. The lowest BCUT2D eigenvalue weighted by atomic mass is 9.81. The molecule has 0 amide bonds. The van der Waals surface area contributed by atoms with E-state index in [2.05, 4.69) is 69.2 Å². The molecule has 0 heteroatoms. The van der Waals surface area contributed by atoms with Crippen LogP contribution in [0.15, 0.2) is 0 Å². The van der Waals surface area contributed by atoms with E-state index in [1.54, 1.807) is 0 Å². The highest BCUT2D eigenvalue weighted by molar-refractivity contribution is 4.67. The second-order valence-corrected chi connectivity index (χ2v) is 7.83. The molecular formula is C16H36. The van der Waals surface area contributed by atoms with Crippen molar-refractivity contribution >= 4 is 0 Å². The van der Waals surface area contributed by atoms with Crippen LogP contribution < -0.4 is 0 Å². The second kappa shape index (κ2) is 7.35. The van der Waals surface area contributed by atoms with Crippen LogP contribution in [0.1, 0.15) is 82.1 Å². The number of hydrogen-bond donors (Lipinski definition) is 0. The molecule has 16 heavy (non-hydrogen) atoms. The van der Waals surface area contributed by atoms with E-state index in [-0.39, 0.29) is 0 Å². The van der Waals surface area contributed by atoms with E-state index >= 15 is 0 Å². The first kappa shape index (κ1) is 18.4. The molecule has 0 heterocycles. The van der Waals surface area contributed by atoms with Gasteiger partial charge in [-0.15, -0.1) is 0 Å². The van der Waals surface area contributed by atoms with Gasteiger partial charge in [-0.05, 0) is 29.1 Å². The van der Waals surface area contributed by atoms with Crippen molar-refractivity contribution in [3.8, 4) is 0 Å². The summed E-state index contributed by atoms with van der Waals surface area (Å²) in [6.07, 6.45) is 2.62. The Hall–Kier alpha value is 0. The zero-order valence-electron chi connectivity index (χ0n) is 13.6. The quantitative estimate of drug-likeness (QED) is 0.531. The van der Waals surface area contributed by atoms with Crippen molar-refractivity contribution in [1.29, 1.82) is 0 Å². The fraction of sp³-hybridized carbons (Fsp3) is 1.00. The van der Waals surface area contributed by atoms with Crippen molar-refractivity contribution in [2.75, 3.05) is 0 Å². The summed E-state index contributed by atoms with van der Waals surface area (Å²) in [4.78, 5) is 0. The second-order valence-electron chi connectivity index (χ2n) is 7.83. The molecule has 0 aliphatic carbocycles. The zero-order valence-corrected chi connectivity index (χ0v) is 13.6. The monoisotopic (exact) mass is 228 g/mol. The Labute approximate surface area is 105 Å². The molecule has 0 fully saturated rings. The Morgan fingerprint density at radius 1 is 0.812 bits per heavy atom. The molecule has 0 aliphatic rings. The van der Waals surface area contributed by atoms with E-state index in [0.29, 0.717) is 10.8 Å². The van der Waals surface area contributed by atoms with Crippen LogP contribution in [-0.4, -0.2) is 0 Å². The Morgan fingerprint density at radius 3 is 1.19 bits per heavy atom. The van der Waals surface area contributed by atoms with Gasteiger partial charge < -0.3 is 0 Å². The molecule has 0 saturated carbocycles. The average Bonchev–Trinajstić information content (AvgIpc) is 1.97. The van der Waals surface area contributed by atoms with Crippen LogP contribution in [0.4, 0.5) is 0 Å². The molecule has 0 saturated heterocycles. The van der Waals surface area contributed by atoms with Gasteiger partial charge in [0, 0.05) is 0 Å². The van der Waals surface area contributed by atoms with Crippen molar-refractivity contribution in [2.24, 2.45) is 22.7 Å². The number of rotatable bonds is 2. The third-order valence-electron chi connectivity index (χ3n) is 3.11. The fourth-order valence-electron chi connectivity index (χ4n) is 1.84. The van der Waals surface area contributed by atoms with Crippen LogP contribution >= 0.6 is 0 Å². The largest absolute Gasteiger partial charge is 0.0651 e. The van der Waals surface area contributed by atoms with Gasteiger partial charge in [-0.2, -0.15) is 0 Å². The summed E-state index contributed by atoms with van der Waals surface area (Å²) in [5, 5.41) is 0. The van der Waals surface area contributed by atoms with Crippen LogP contribution in [0.5, 0.6) is 0 Å². The summed E-state index contributed by atoms with van der Waals surface area (Å²) in [5.74, 6) is 1.69. The SMILES string of the molecule is CC(C)CC(C)(C)C.CCC(C)C(C)(C)C. The van der Waals surface area contributed by atoms with E-state index in [0.717, 1.165) is 11.8 Å². The molecule has 0 aromatic carbocycles. The van der Waals surface area contributed by atoms with Gasteiger partial charge in [-0.1, -0.05) is 75.7 Å². The van der Waals surface area contributed by atoms with Gasteiger partial charge in [0.25, 0.3) is 0 Å². The first-order chi connectivity index (χ1) is 6.90. The molecular weight excluding hydrogens is 192 g/mol. The minimum atomic E-state index is 0.509. The Bertz CT molecular complexity index is 152. The lowest BCUT2D eigenvalue weighted by Crippen LogP contribution is -2.15. The minimum absolute atomic E-state index is 0.509. The van der Waals surface area contributed by atoms with Gasteiger partial charge in [-0.25, -0.2) is 0 Å².